The molecule has 112 valence electrons. The third kappa shape index (κ3) is 2.33. The minimum atomic E-state index is -0.102. The summed E-state index contributed by atoms with van der Waals surface area (Å²) in [5.74, 6) is 0.172. The topological polar surface area (TPSA) is 73.8 Å². The van der Waals surface area contributed by atoms with Crippen molar-refractivity contribution in [1.82, 2.24) is 14.5 Å². The highest BCUT2D eigenvalue weighted by atomic mass is 35.5. The molecule has 1 aromatic carbocycles. The molecule has 0 bridgehead atoms. The molecule has 0 radical (unpaired) electrons. The Balaban J connectivity index is 2.40. The number of halogens is 1. The maximum Gasteiger partial charge on any atom is 0.260 e. The molecule has 5 nitrogen and oxygen atoms in total. The van der Waals surface area contributed by atoms with Gasteiger partial charge in [-0.1, -0.05) is 23.7 Å². The number of aryl methyl sites for hydroxylation is 2. The number of nitrogen functional groups attached to an aromatic ring is 1. The van der Waals surface area contributed by atoms with Crippen LogP contribution in [0, 0.1) is 6.92 Å². The van der Waals surface area contributed by atoms with E-state index < -0.39 is 0 Å². The Labute approximate surface area is 132 Å². The van der Waals surface area contributed by atoms with Crippen LogP contribution in [0.4, 0.5) is 5.95 Å². The van der Waals surface area contributed by atoms with Gasteiger partial charge in [-0.2, -0.15) is 4.98 Å². The number of aromatic nitrogens is 3. The minimum absolute atomic E-state index is 0.102. The molecule has 0 amide bonds. The number of nitrogens with zero attached hydrogens (tertiary/aromatic N) is 3. The number of hydrogen-bond acceptors (Lipinski definition) is 4. The van der Waals surface area contributed by atoms with E-state index in [0.29, 0.717) is 22.8 Å². The van der Waals surface area contributed by atoms with Crippen LogP contribution in [-0.2, 0) is 6.54 Å². The molecule has 0 aliphatic carbocycles. The van der Waals surface area contributed by atoms with E-state index in [1.54, 1.807) is 16.7 Å². The number of fused-ring (bicyclic) bond motifs is 1. The van der Waals surface area contributed by atoms with Gasteiger partial charge in [0, 0.05) is 22.5 Å². The van der Waals surface area contributed by atoms with Crippen molar-refractivity contribution < 1.29 is 0 Å². The van der Waals surface area contributed by atoms with Crippen molar-refractivity contribution in [3.05, 3.63) is 51.4 Å². The second kappa shape index (κ2) is 5.42. The first-order valence-electron chi connectivity index (χ1n) is 6.95. The van der Waals surface area contributed by atoms with Gasteiger partial charge in [-0.25, -0.2) is 4.98 Å². The molecule has 3 rings (SSSR count). The van der Waals surface area contributed by atoms with Crippen LogP contribution in [-0.4, -0.2) is 14.5 Å². The van der Waals surface area contributed by atoms with Gasteiger partial charge in [-0.3, -0.25) is 9.36 Å². The van der Waals surface area contributed by atoms with Gasteiger partial charge in [0.05, 0.1) is 5.69 Å². The van der Waals surface area contributed by atoms with Crippen molar-refractivity contribution in [3.63, 3.8) is 0 Å². The maximum atomic E-state index is 12.8. The summed E-state index contributed by atoms with van der Waals surface area (Å²) < 4.78 is 1.62. The molecular weight excluding hydrogens is 300 g/mol. The molecule has 0 unspecified atom stereocenters. The van der Waals surface area contributed by atoms with Gasteiger partial charge in [0.2, 0.25) is 5.95 Å². The summed E-state index contributed by atoms with van der Waals surface area (Å²) in [5, 5.41) is 1.45. The zero-order valence-electron chi connectivity index (χ0n) is 12.3. The van der Waals surface area contributed by atoms with Crippen LogP contribution in [0.15, 0.2) is 35.1 Å². The van der Waals surface area contributed by atoms with Crippen LogP contribution >= 0.6 is 11.6 Å². The molecule has 0 atom stereocenters. The number of benzene rings is 1. The van der Waals surface area contributed by atoms with Gasteiger partial charge in [0.15, 0.2) is 0 Å². The van der Waals surface area contributed by atoms with E-state index in [1.165, 1.54) is 0 Å². The molecule has 2 aromatic heterocycles. The predicted octanol–water partition coefficient (Wildman–Crippen LogP) is 3.02. The van der Waals surface area contributed by atoms with Crippen molar-refractivity contribution >= 4 is 28.6 Å². The van der Waals surface area contributed by atoms with E-state index in [1.807, 2.05) is 32.0 Å². The van der Waals surface area contributed by atoms with Gasteiger partial charge in [0.25, 0.3) is 5.56 Å². The number of hydrogen-bond donors (Lipinski definition) is 1. The first-order valence-corrected chi connectivity index (χ1v) is 7.32. The first kappa shape index (κ1) is 14.5. The molecule has 0 fully saturated rings. The number of pyridine rings is 1. The summed E-state index contributed by atoms with van der Waals surface area (Å²) in [6, 6.07) is 9.02. The fourth-order valence-corrected chi connectivity index (χ4v) is 2.67. The monoisotopic (exact) mass is 314 g/mol. The zero-order chi connectivity index (χ0) is 15.9. The van der Waals surface area contributed by atoms with E-state index in [4.69, 9.17) is 17.3 Å². The normalized spacial score (nSPS) is 11.0. The van der Waals surface area contributed by atoms with Crippen LogP contribution in [0.25, 0.3) is 22.2 Å². The van der Waals surface area contributed by atoms with Crippen LogP contribution in [0.3, 0.4) is 0 Å². The molecule has 0 spiro atoms. The summed E-state index contributed by atoms with van der Waals surface area (Å²) in [6.45, 7) is 4.27. The highest BCUT2D eigenvalue weighted by Gasteiger charge is 2.14. The average molecular weight is 315 g/mol. The Kier molecular flexibility index (Phi) is 3.58. The van der Waals surface area contributed by atoms with E-state index in [0.717, 1.165) is 16.6 Å². The Morgan fingerprint density at radius 3 is 2.55 bits per heavy atom. The summed E-state index contributed by atoms with van der Waals surface area (Å²) >= 11 is 5.92. The Morgan fingerprint density at radius 2 is 1.91 bits per heavy atom. The molecule has 3 aromatic rings. The summed E-state index contributed by atoms with van der Waals surface area (Å²) in [5.41, 5.74) is 8.34. The molecule has 22 heavy (non-hydrogen) atoms. The molecule has 2 N–H and O–H groups in total. The molecule has 0 aliphatic heterocycles. The minimum Gasteiger partial charge on any atom is -0.368 e. The van der Waals surface area contributed by atoms with Gasteiger partial charge in [-0.15, -0.1) is 0 Å². The lowest BCUT2D eigenvalue weighted by atomic mass is 10.1. The van der Waals surface area contributed by atoms with Crippen LogP contribution in [0.2, 0.25) is 5.02 Å². The van der Waals surface area contributed by atoms with Crippen LogP contribution in [0.5, 0.6) is 0 Å². The Hall–Kier alpha value is -2.40. The fourth-order valence-electron chi connectivity index (χ4n) is 2.54. The first-order chi connectivity index (χ1) is 10.5. The third-order valence-corrected chi connectivity index (χ3v) is 3.88. The summed E-state index contributed by atoms with van der Waals surface area (Å²) in [4.78, 5) is 21.2. The highest BCUT2D eigenvalue weighted by Crippen LogP contribution is 2.23. The lowest BCUT2D eigenvalue weighted by Crippen LogP contribution is -2.22. The van der Waals surface area contributed by atoms with Crippen LogP contribution in [0.1, 0.15) is 12.6 Å². The predicted molar refractivity (Wildman–Crippen MR) is 89.1 cm³/mol. The van der Waals surface area contributed by atoms with Crippen molar-refractivity contribution in [2.24, 2.45) is 0 Å². The number of nitrogens with two attached hydrogens (primary N) is 1. The fraction of sp³-hybridized carbons (Fsp3) is 0.188. The Morgan fingerprint density at radius 1 is 1.23 bits per heavy atom. The summed E-state index contributed by atoms with van der Waals surface area (Å²) in [7, 11) is 0. The van der Waals surface area contributed by atoms with E-state index in [-0.39, 0.29) is 11.5 Å². The molecular formula is C16H15ClN4O. The quantitative estimate of drug-likeness (QED) is 0.789. The maximum absolute atomic E-state index is 12.8. The smallest absolute Gasteiger partial charge is 0.260 e. The van der Waals surface area contributed by atoms with Crippen LogP contribution < -0.4 is 11.3 Å². The second-order valence-electron chi connectivity index (χ2n) is 5.02. The molecule has 0 aliphatic rings. The van der Waals surface area contributed by atoms with Crippen molar-refractivity contribution in [2.75, 3.05) is 5.73 Å². The number of rotatable bonds is 2. The van der Waals surface area contributed by atoms with Gasteiger partial charge in [0.1, 0.15) is 5.65 Å². The third-order valence-electron chi connectivity index (χ3n) is 3.62. The standard InChI is InChI=1S/C16H15ClN4O/c1-3-21-14-12(9(2)19-16(18)20-14)8-13(15(21)22)10-4-6-11(17)7-5-10/h4-8H,3H2,1-2H3,(H2,18,19,20). The lowest BCUT2D eigenvalue weighted by Gasteiger charge is -2.12. The molecule has 2 heterocycles. The van der Waals surface area contributed by atoms with Crippen molar-refractivity contribution in [3.8, 4) is 11.1 Å². The SMILES string of the molecule is CCn1c(=O)c(-c2ccc(Cl)cc2)cc2c(C)nc(N)nc21. The Bertz CT molecular complexity index is 916. The van der Waals surface area contributed by atoms with Gasteiger partial charge >= 0.3 is 0 Å². The van der Waals surface area contributed by atoms with Gasteiger partial charge in [-0.05, 0) is 37.6 Å². The van der Waals surface area contributed by atoms with Crippen molar-refractivity contribution in [1.29, 1.82) is 0 Å². The lowest BCUT2D eigenvalue weighted by molar-refractivity contribution is 0.750. The van der Waals surface area contributed by atoms with Gasteiger partial charge < -0.3 is 5.73 Å². The summed E-state index contributed by atoms with van der Waals surface area (Å²) in [6.07, 6.45) is 0. The van der Waals surface area contributed by atoms with Crippen molar-refractivity contribution in [2.45, 2.75) is 20.4 Å². The molecule has 0 saturated carbocycles. The highest BCUT2D eigenvalue weighted by molar-refractivity contribution is 6.30. The second-order valence-corrected chi connectivity index (χ2v) is 5.46. The average Bonchev–Trinajstić information content (AvgIpc) is 2.48. The molecule has 6 heteroatoms. The van der Waals surface area contributed by atoms with E-state index >= 15 is 0 Å². The largest absolute Gasteiger partial charge is 0.368 e. The molecule has 0 saturated heterocycles. The van der Waals surface area contributed by atoms with E-state index in [9.17, 15) is 4.79 Å². The number of anilines is 1. The zero-order valence-corrected chi connectivity index (χ0v) is 13.1. The van der Waals surface area contributed by atoms with E-state index in [2.05, 4.69) is 9.97 Å².